The molecule has 3 N–H and O–H groups in total. The predicted octanol–water partition coefficient (Wildman–Crippen LogP) is -0.589. The van der Waals surface area contributed by atoms with Gasteiger partial charge in [-0.25, -0.2) is 10.8 Å². The van der Waals surface area contributed by atoms with Gasteiger partial charge >= 0.3 is 0 Å². The highest BCUT2D eigenvalue weighted by atomic mass is 16.2. The van der Waals surface area contributed by atoms with E-state index < -0.39 is 0 Å². The van der Waals surface area contributed by atoms with Gasteiger partial charge in [0.2, 0.25) is 11.8 Å². The smallest absolute Gasteiger partial charge is 0.230 e. The third kappa shape index (κ3) is 1.98. The van der Waals surface area contributed by atoms with Crippen LogP contribution < -0.4 is 11.3 Å². The van der Waals surface area contributed by atoms with Gasteiger partial charge in [0.1, 0.15) is 0 Å². The summed E-state index contributed by atoms with van der Waals surface area (Å²) in [6, 6.07) is 0. The first kappa shape index (κ1) is 10.5. The van der Waals surface area contributed by atoms with Crippen molar-refractivity contribution in [1.82, 2.24) is 14.9 Å². The SMILES string of the molecule is NNc1cnc(CN2C(=O)CCC2=O)cn1. The summed E-state index contributed by atoms with van der Waals surface area (Å²) in [6.07, 6.45) is 3.50. The number of nitrogen functional groups attached to an aromatic ring is 1. The summed E-state index contributed by atoms with van der Waals surface area (Å²) < 4.78 is 0. The van der Waals surface area contributed by atoms with E-state index in [2.05, 4.69) is 15.4 Å². The first-order valence-corrected chi connectivity index (χ1v) is 4.81. The highest BCUT2D eigenvalue weighted by Crippen LogP contribution is 2.14. The quantitative estimate of drug-likeness (QED) is 0.402. The third-order valence-corrected chi connectivity index (χ3v) is 2.33. The number of nitrogens with two attached hydrogens (primary N) is 1. The fourth-order valence-electron chi connectivity index (χ4n) is 1.47. The number of hydrazine groups is 1. The highest BCUT2D eigenvalue weighted by Gasteiger charge is 2.28. The lowest BCUT2D eigenvalue weighted by Crippen LogP contribution is -2.28. The van der Waals surface area contributed by atoms with Crippen molar-refractivity contribution in [2.45, 2.75) is 19.4 Å². The molecule has 0 aliphatic carbocycles. The van der Waals surface area contributed by atoms with Crippen molar-refractivity contribution in [1.29, 1.82) is 0 Å². The minimum absolute atomic E-state index is 0.159. The monoisotopic (exact) mass is 221 g/mol. The maximum Gasteiger partial charge on any atom is 0.230 e. The Morgan fingerprint density at radius 2 is 1.94 bits per heavy atom. The molecule has 2 heterocycles. The number of anilines is 1. The standard InChI is InChI=1S/C9H11N5O2/c10-13-7-4-11-6(3-12-7)5-14-8(15)1-2-9(14)16/h3-4H,1-2,5,10H2,(H,12,13). The van der Waals surface area contributed by atoms with Crippen LogP contribution in [0.2, 0.25) is 0 Å². The Kier molecular flexibility index (Phi) is 2.78. The zero-order valence-electron chi connectivity index (χ0n) is 8.51. The van der Waals surface area contributed by atoms with Crippen molar-refractivity contribution in [3.8, 4) is 0 Å². The minimum Gasteiger partial charge on any atom is -0.307 e. The molecule has 7 nitrogen and oxygen atoms in total. The molecule has 0 atom stereocenters. The van der Waals surface area contributed by atoms with Crippen molar-refractivity contribution in [3.05, 3.63) is 18.1 Å². The fourth-order valence-corrected chi connectivity index (χ4v) is 1.47. The second-order valence-electron chi connectivity index (χ2n) is 3.41. The Morgan fingerprint density at radius 3 is 2.44 bits per heavy atom. The molecule has 1 aliphatic rings. The van der Waals surface area contributed by atoms with Crippen LogP contribution in [-0.4, -0.2) is 26.7 Å². The zero-order valence-corrected chi connectivity index (χ0v) is 8.51. The van der Waals surface area contributed by atoms with Crippen LogP contribution >= 0.6 is 0 Å². The summed E-state index contributed by atoms with van der Waals surface area (Å²) >= 11 is 0. The molecule has 1 aliphatic heterocycles. The van der Waals surface area contributed by atoms with Gasteiger partial charge in [0, 0.05) is 12.8 Å². The summed E-state index contributed by atoms with van der Waals surface area (Å²) in [5.41, 5.74) is 2.90. The van der Waals surface area contributed by atoms with Crippen molar-refractivity contribution in [2.75, 3.05) is 5.43 Å². The molecular formula is C9H11N5O2. The molecule has 84 valence electrons. The van der Waals surface area contributed by atoms with Crippen LogP contribution in [-0.2, 0) is 16.1 Å². The fraction of sp³-hybridized carbons (Fsp3) is 0.333. The van der Waals surface area contributed by atoms with E-state index in [0.29, 0.717) is 11.5 Å². The Bertz CT molecular complexity index is 400. The number of hydrogen-bond donors (Lipinski definition) is 2. The molecule has 0 saturated carbocycles. The van der Waals surface area contributed by atoms with Gasteiger partial charge < -0.3 is 5.43 Å². The molecule has 1 aromatic rings. The molecule has 1 aromatic heterocycles. The first-order valence-electron chi connectivity index (χ1n) is 4.81. The summed E-state index contributed by atoms with van der Waals surface area (Å²) in [5.74, 6) is 5.25. The van der Waals surface area contributed by atoms with Crippen LogP contribution in [0.25, 0.3) is 0 Å². The van der Waals surface area contributed by atoms with E-state index in [1.165, 1.54) is 17.3 Å². The number of carbonyl (C=O) groups is 2. The summed E-state index contributed by atoms with van der Waals surface area (Å²) in [7, 11) is 0. The first-order chi connectivity index (χ1) is 7.70. The number of imide groups is 1. The lowest BCUT2D eigenvalue weighted by molar-refractivity contribution is -0.139. The summed E-state index contributed by atoms with van der Waals surface area (Å²) in [4.78, 5) is 31.8. The maximum atomic E-state index is 11.3. The molecule has 0 unspecified atom stereocenters. The van der Waals surface area contributed by atoms with Crippen molar-refractivity contribution in [3.63, 3.8) is 0 Å². The lowest BCUT2D eigenvalue weighted by atomic mass is 10.4. The maximum absolute atomic E-state index is 11.3. The van der Waals surface area contributed by atoms with Gasteiger partial charge in [0.05, 0.1) is 24.6 Å². The Morgan fingerprint density at radius 1 is 1.25 bits per heavy atom. The molecular weight excluding hydrogens is 210 g/mol. The van der Waals surface area contributed by atoms with Crippen LogP contribution in [0.5, 0.6) is 0 Å². The van der Waals surface area contributed by atoms with Crippen LogP contribution in [0.3, 0.4) is 0 Å². The van der Waals surface area contributed by atoms with Gasteiger partial charge in [0.15, 0.2) is 5.82 Å². The summed E-state index contributed by atoms with van der Waals surface area (Å²) in [6.45, 7) is 0.176. The highest BCUT2D eigenvalue weighted by molar-refractivity contribution is 6.01. The van der Waals surface area contributed by atoms with Gasteiger partial charge in [0.25, 0.3) is 0 Å². The number of likely N-dealkylation sites (tertiary alicyclic amines) is 1. The second kappa shape index (κ2) is 4.23. The van der Waals surface area contributed by atoms with Crippen molar-refractivity contribution < 1.29 is 9.59 Å². The Balaban J connectivity index is 2.08. The number of nitrogens with one attached hydrogen (secondary N) is 1. The number of hydrogen-bond acceptors (Lipinski definition) is 6. The average molecular weight is 221 g/mol. The molecule has 7 heteroatoms. The topological polar surface area (TPSA) is 101 Å². The lowest BCUT2D eigenvalue weighted by Gasteiger charge is -2.12. The molecule has 1 saturated heterocycles. The third-order valence-electron chi connectivity index (χ3n) is 2.33. The zero-order chi connectivity index (χ0) is 11.5. The molecule has 2 amide bonds. The molecule has 0 spiro atoms. The molecule has 0 bridgehead atoms. The van der Waals surface area contributed by atoms with Gasteiger partial charge in [-0.1, -0.05) is 0 Å². The van der Waals surface area contributed by atoms with Crippen molar-refractivity contribution >= 4 is 17.6 Å². The predicted molar refractivity (Wildman–Crippen MR) is 54.6 cm³/mol. The van der Waals surface area contributed by atoms with E-state index in [-0.39, 0.29) is 31.2 Å². The van der Waals surface area contributed by atoms with Crippen LogP contribution in [0.15, 0.2) is 12.4 Å². The summed E-state index contributed by atoms with van der Waals surface area (Å²) in [5, 5.41) is 0. The molecule has 0 radical (unpaired) electrons. The van der Waals surface area contributed by atoms with Gasteiger partial charge in [-0.3, -0.25) is 19.5 Å². The molecule has 16 heavy (non-hydrogen) atoms. The van der Waals surface area contributed by atoms with E-state index in [9.17, 15) is 9.59 Å². The number of amides is 2. The average Bonchev–Trinajstić information content (AvgIpc) is 2.62. The van der Waals surface area contributed by atoms with Crippen LogP contribution in [0.1, 0.15) is 18.5 Å². The molecule has 1 fully saturated rings. The number of nitrogens with zero attached hydrogens (tertiary/aromatic N) is 3. The number of carbonyl (C=O) groups excluding carboxylic acids is 2. The Labute approximate surface area is 91.6 Å². The number of rotatable bonds is 3. The largest absolute Gasteiger partial charge is 0.307 e. The Hall–Kier alpha value is -2.02. The van der Waals surface area contributed by atoms with E-state index >= 15 is 0 Å². The van der Waals surface area contributed by atoms with Gasteiger partial charge in [-0.15, -0.1) is 0 Å². The van der Waals surface area contributed by atoms with Crippen LogP contribution in [0.4, 0.5) is 5.82 Å². The minimum atomic E-state index is -0.159. The second-order valence-corrected chi connectivity index (χ2v) is 3.41. The van der Waals surface area contributed by atoms with E-state index in [1.54, 1.807) is 0 Å². The molecule has 0 aromatic carbocycles. The van der Waals surface area contributed by atoms with Gasteiger partial charge in [-0.05, 0) is 0 Å². The van der Waals surface area contributed by atoms with E-state index in [4.69, 9.17) is 5.84 Å². The van der Waals surface area contributed by atoms with Crippen molar-refractivity contribution in [2.24, 2.45) is 5.84 Å². The van der Waals surface area contributed by atoms with E-state index in [0.717, 1.165) is 0 Å². The van der Waals surface area contributed by atoms with Crippen LogP contribution in [0, 0.1) is 0 Å². The normalized spacial score (nSPS) is 15.7. The van der Waals surface area contributed by atoms with Gasteiger partial charge in [-0.2, -0.15) is 0 Å². The molecule has 2 rings (SSSR count). The van der Waals surface area contributed by atoms with E-state index in [1.807, 2.05) is 0 Å². The number of aromatic nitrogens is 2.